The summed E-state index contributed by atoms with van der Waals surface area (Å²) in [6, 6.07) is 8.00. The summed E-state index contributed by atoms with van der Waals surface area (Å²) in [5.41, 5.74) is 0.206. The van der Waals surface area contributed by atoms with Gasteiger partial charge in [0.2, 0.25) is 0 Å². The minimum absolute atomic E-state index is 0.0138. The van der Waals surface area contributed by atoms with Crippen molar-refractivity contribution in [1.82, 2.24) is 4.57 Å². The number of benzene rings is 2. The standard InChI is InChI=1S/C24H19ClF3NO5S/c1-2-33-21(30)10-20-29(11-15-8-18(25)9-16-12-32-13-34-22(15)16)23(31)19(35-20)7-14-4-3-5-17(6-14)24(26,27)28/h3-10H,2,11-13H2,1H3/b19-7-,20-10-. The van der Waals surface area contributed by atoms with Crippen LogP contribution in [0.4, 0.5) is 13.2 Å². The van der Waals surface area contributed by atoms with E-state index in [4.69, 9.17) is 25.8 Å². The maximum absolute atomic E-state index is 13.3. The molecule has 0 spiro atoms. The van der Waals surface area contributed by atoms with Crippen LogP contribution in [0.25, 0.3) is 12.2 Å². The molecule has 184 valence electrons. The van der Waals surface area contributed by atoms with Gasteiger partial charge in [-0.2, -0.15) is 13.2 Å². The van der Waals surface area contributed by atoms with Crippen molar-refractivity contribution in [2.45, 2.75) is 26.3 Å². The number of nitrogens with zero attached hydrogens (tertiary/aromatic N) is 1. The third-order valence-electron chi connectivity index (χ3n) is 5.06. The summed E-state index contributed by atoms with van der Waals surface area (Å²) in [5, 5.41) is 0.419. The molecule has 0 bridgehead atoms. The Morgan fingerprint density at radius 3 is 2.83 bits per heavy atom. The molecule has 11 heteroatoms. The summed E-state index contributed by atoms with van der Waals surface area (Å²) < 4.78 is 57.0. The van der Waals surface area contributed by atoms with E-state index in [9.17, 15) is 22.8 Å². The number of thiazole rings is 1. The number of ether oxygens (including phenoxy) is 3. The van der Waals surface area contributed by atoms with Crippen molar-refractivity contribution in [3.8, 4) is 5.75 Å². The Balaban J connectivity index is 1.86. The van der Waals surface area contributed by atoms with Crippen molar-refractivity contribution >= 4 is 41.1 Å². The van der Waals surface area contributed by atoms with E-state index in [0.29, 0.717) is 21.9 Å². The highest BCUT2D eigenvalue weighted by Gasteiger charge is 2.30. The first kappa shape index (κ1) is 25.0. The second-order valence-corrected chi connectivity index (χ2v) is 9.02. The molecular formula is C24H19ClF3NO5S. The molecule has 3 aromatic rings. The molecule has 6 nitrogen and oxygen atoms in total. The lowest BCUT2D eigenvalue weighted by Gasteiger charge is -2.21. The summed E-state index contributed by atoms with van der Waals surface area (Å²) in [5.74, 6) is -0.116. The number of hydrogen-bond acceptors (Lipinski definition) is 6. The predicted molar refractivity (Wildman–Crippen MR) is 125 cm³/mol. The van der Waals surface area contributed by atoms with E-state index in [2.05, 4.69) is 0 Å². The Morgan fingerprint density at radius 1 is 1.29 bits per heavy atom. The molecule has 0 saturated heterocycles. The van der Waals surface area contributed by atoms with Crippen molar-refractivity contribution < 1.29 is 32.2 Å². The van der Waals surface area contributed by atoms with E-state index < -0.39 is 23.3 Å². The first-order chi connectivity index (χ1) is 16.7. The molecule has 1 aliphatic rings. The minimum Gasteiger partial charge on any atom is -0.467 e. The highest BCUT2D eigenvalue weighted by molar-refractivity contribution is 7.07. The molecule has 2 heterocycles. The molecule has 0 amide bonds. The van der Waals surface area contributed by atoms with Crippen molar-refractivity contribution in [2.24, 2.45) is 0 Å². The van der Waals surface area contributed by atoms with E-state index >= 15 is 0 Å². The number of carbonyl (C=O) groups is 1. The van der Waals surface area contributed by atoms with Crippen LogP contribution in [0.3, 0.4) is 0 Å². The molecule has 0 unspecified atom stereocenters. The number of carbonyl (C=O) groups excluding carboxylic acids is 1. The van der Waals surface area contributed by atoms with Gasteiger partial charge in [-0.05, 0) is 42.8 Å². The van der Waals surface area contributed by atoms with Gasteiger partial charge in [0.05, 0.1) is 35.9 Å². The fourth-order valence-electron chi connectivity index (χ4n) is 3.58. The lowest BCUT2D eigenvalue weighted by molar-refractivity contribution is -0.137. The number of fused-ring (bicyclic) bond motifs is 1. The van der Waals surface area contributed by atoms with Crippen LogP contribution in [0.5, 0.6) is 5.75 Å². The zero-order valence-electron chi connectivity index (χ0n) is 18.4. The minimum atomic E-state index is -4.52. The Hall–Kier alpha value is -3.08. The molecule has 0 radical (unpaired) electrons. The average Bonchev–Trinajstić information content (AvgIpc) is 3.07. The monoisotopic (exact) mass is 525 g/mol. The molecule has 2 aromatic carbocycles. The summed E-state index contributed by atoms with van der Waals surface area (Å²) in [6.45, 7) is 2.13. The number of esters is 1. The molecule has 0 saturated carbocycles. The van der Waals surface area contributed by atoms with Gasteiger partial charge in [0.1, 0.15) is 10.4 Å². The zero-order chi connectivity index (χ0) is 25.2. The normalized spacial score (nSPS) is 14.5. The fraction of sp³-hybridized carbons (Fsp3) is 0.250. The zero-order valence-corrected chi connectivity index (χ0v) is 19.9. The molecule has 1 aromatic heterocycles. The number of hydrogen-bond donors (Lipinski definition) is 0. The summed E-state index contributed by atoms with van der Waals surface area (Å²) in [6.07, 6.45) is -1.98. The second kappa shape index (κ2) is 10.3. The molecule has 0 fully saturated rings. The van der Waals surface area contributed by atoms with E-state index in [1.165, 1.54) is 28.9 Å². The SMILES string of the molecule is CCOC(=O)/C=c1\s/c(=C\c2cccc(C(F)(F)F)c2)c(=O)n1Cc1cc(Cl)cc2c1OCOC2. The first-order valence-corrected chi connectivity index (χ1v) is 11.6. The van der Waals surface area contributed by atoms with Crippen LogP contribution in [0, 0.1) is 0 Å². The summed E-state index contributed by atoms with van der Waals surface area (Å²) in [7, 11) is 0. The van der Waals surface area contributed by atoms with Gasteiger partial charge in [0.15, 0.2) is 6.79 Å². The van der Waals surface area contributed by atoms with Crippen LogP contribution in [0.15, 0.2) is 41.2 Å². The molecular weight excluding hydrogens is 507 g/mol. The van der Waals surface area contributed by atoms with E-state index in [1.54, 1.807) is 19.1 Å². The van der Waals surface area contributed by atoms with Gasteiger partial charge >= 0.3 is 12.1 Å². The Labute approximate surface area is 206 Å². The Kier molecular flexibility index (Phi) is 7.34. The second-order valence-electron chi connectivity index (χ2n) is 7.52. The van der Waals surface area contributed by atoms with Gasteiger partial charge in [0.25, 0.3) is 5.56 Å². The van der Waals surface area contributed by atoms with E-state index in [-0.39, 0.29) is 41.3 Å². The summed E-state index contributed by atoms with van der Waals surface area (Å²) in [4.78, 5) is 25.5. The van der Waals surface area contributed by atoms with Crippen LogP contribution in [-0.4, -0.2) is 23.9 Å². The number of alkyl halides is 3. The van der Waals surface area contributed by atoms with Crippen LogP contribution in [-0.2, 0) is 33.6 Å². The van der Waals surface area contributed by atoms with Crippen molar-refractivity contribution in [1.29, 1.82) is 0 Å². The van der Waals surface area contributed by atoms with E-state index in [0.717, 1.165) is 23.5 Å². The molecule has 0 N–H and O–H groups in total. The average molecular weight is 526 g/mol. The largest absolute Gasteiger partial charge is 0.467 e. The van der Waals surface area contributed by atoms with E-state index in [1.807, 2.05) is 0 Å². The number of aromatic nitrogens is 1. The lowest BCUT2D eigenvalue weighted by atomic mass is 10.1. The van der Waals surface area contributed by atoms with Crippen LogP contribution in [0.1, 0.15) is 29.2 Å². The van der Waals surface area contributed by atoms with Crippen LogP contribution in [0.2, 0.25) is 5.02 Å². The fourth-order valence-corrected chi connectivity index (χ4v) is 4.87. The topological polar surface area (TPSA) is 66.8 Å². The number of halogens is 4. The van der Waals surface area contributed by atoms with Crippen molar-refractivity contribution in [3.63, 3.8) is 0 Å². The van der Waals surface area contributed by atoms with Gasteiger partial charge < -0.3 is 14.2 Å². The quantitative estimate of drug-likeness (QED) is 0.476. The molecule has 0 aliphatic carbocycles. The molecule has 0 atom stereocenters. The summed E-state index contributed by atoms with van der Waals surface area (Å²) >= 11 is 7.21. The van der Waals surface area contributed by atoms with Gasteiger partial charge in [-0.3, -0.25) is 9.36 Å². The maximum Gasteiger partial charge on any atom is 0.416 e. The van der Waals surface area contributed by atoms with Crippen LogP contribution >= 0.6 is 22.9 Å². The maximum atomic E-state index is 13.3. The predicted octanol–water partition coefficient (Wildman–Crippen LogP) is 3.67. The third kappa shape index (κ3) is 5.77. The lowest BCUT2D eigenvalue weighted by Crippen LogP contribution is -2.32. The van der Waals surface area contributed by atoms with Gasteiger partial charge in [-0.1, -0.05) is 23.7 Å². The van der Waals surface area contributed by atoms with Gasteiger partial charge in [0, 0.05) is 16.1 Å². The Bertz CT molecular complexity index is 1440. The van der Waals surface area contributed by atoms with Crippen molar-refractivity contribution in [2.75, 3.05) is 13.4 Å². The number of rotatable bonds is 5. The molecule has 1 aliphatic heterocycles. The first-order valence-electron chi connectivity index (χ1n) is 10.4. The van der Waals surface area contributed by atoms with Crippen molar-refractivity contribution in [3.05, 3.63) is 83.2 Å². The van der Waals surface area contributed by atoms with Gasteiger partial charge in [-0.15, -0.1) is 11.3 Å². The van der Waals surface area contributed by atoms with Gasteiger partial charge in [-0.25, -0.2) is 4.79 Å². The Morgan fingerprint density at radius 2 is 2.09 bits per heavy atom. The highest BCUT2D eigenvalue weighted by Crippen LogP contribution is 2.32. The molecule has 4 rings (SSSR count). The van der Waals surface area contributed by atoms with Crippen LogP contribution < -0.4 is 19.5 Å². The highest BCUT2D eigenvalue weighted by atomic mass is 35.5. The smallest absolute Gasteiger partial charge is 0.416 e. The third-order valence-corrected chi connectivity index (χ3v) is 6.33. The molecule has 35 heavy (non-hydrogen) atoms.